The Morgan fingerprint density at radius 3 is 2.19 bits per heavy atom. The molecule has 47 heavy (non-hydrogen) atoms. The van der Waals surface area contributed by atoms with Crippen LogP contribution < -0.4 is 30.6 Å². The first-order valence-electron chi connectivity index (χ1n) is 15.1. The van der Waals surface area contributed by atoms with E-state index in [1.165, 1.54) is 19.2 Å². The number of nitrogens with zero attached hydrogens (tertiary/aromatic N) is 1. The van der Waals surface area contributed by atoms with Crippen LogP contribution in [0, 0.1) is 0 Å². The number of benzene rings is 3. The summed E-state index contributed by atoms with van der Waals surface area (Å²) < 4.78 is 61.3. The molecule has 2 atom stereocenters. The van der Waals surface area contributed by atoms with Crippen molar-refractivity contribution in [2.75, 3.05) is 24.4 Å². The maximum absolute atomic E-state index is 12.8. The highest BCUT2D eigenvalue weighted by Gasteiger charge is 2.30. The van der Waals surface area contributed by atoms with Crippen LogP contribution in [0.4, 0.5) is 29.3 Å². The molecule has 0 aliphatic carbocycles. The van der Waals surface area contributed by atoms with Crippen LogP contribution in [0.25, 0.3) is 10.9 Å². The van der Waals surface area contributed by atoms with Crippen LogP contribution in [0.15, 0.2) is 72.9 Å². The minimum Gasteiger partial charge on any atom is -0.493 e. The molecule has 0 bridgehead atoms. The molecule has 4 rings (SSSR count). The summed E-state index contributed by atoms with van der Waals surface area (Å²) in [6, 6.07) is 14.5. The van der Waals surface area contributed by atoms with Gasteiger partial charge in [-0.15, -0.1) is 0 Å². The number of halogens is 3. The number of hydrogen-bond donors (Lipinski definition) is 3. The molecule has 0 spiro atoms. The molecule has 2 amide bonds. The van der Waals surface area contributed by atoms with Gasteiger partial charge in [0.05, 0.1) is 30.9 Å². The molecule has 4 aromatic rings. The number of esters is 1. The lowest BCUT2D eigenvalue weighted by Crippen LogP contribution is -2.34. The number of carbonyl (C=O) groups is 2. The van der Waals surface area contributed by atoms with E-state index in [-0.39, 0.29) is 11.8 Å². The Balaban J connectivity index is 1.34. The molecular formula is C34H37F3N4O6. The Bertz CT molecular complexity index is 1650. The number of ether oxygens (including phenoxy) is 4. The highest BCUT2D eigenvalue weighted by Crippen LogP contribution is 2.37. The predicted octanol–water partition coefficient (Wildman–Crippen LogP) is 7.92. The molecule has 0 fully saturated rings. The highest BCUT2D eigenvalue weighted by molar-refractivity contribution is 5.99. The second-order valence-corrected chi connectivity index (χ2v) is 10.7. The van der Waals surface area contributed by atoms with E-state index in [1.807, 2.05) is 13.8 Å². The van der Waals surface area contributed by atoms with Gasteiger partial charge in [-0.1, -0.05) is 13.3 Å². The quantitative estimate of drug-likeness (QED) is 0.0923. The van der Waals surface area contributed by atoms with Crippen LogP contribution in [-0.2, 0) is 15.7 Å². The van der Waals surface area contributed by atoms with E-state index in [2.05, 4.69) is 15.6 Å². The van der Waals surface area contributed by atoms with E-state index < -0.39 is 29.8 Å². The molecule has 0 radical (unpaired) electrons. The van der Waals surface area contributed by atoms with E-state index in [9.17, 15) is 22.8 Å². The summed E-state index contributed by atoms with van der Waals surface area (Å²) in [5, 5.41) is 5.78. The first kappa shape index (κ1) is 34.8. The van der Waals surface area contributed by atoms with E-state index in [0.29, 0.717) is 59.0 Å². The Morgan fingerprint density at radius 1 is 0.915 bits per heavy atom. The molecule has 2 unspecified atom stereocenters. The number of carbonyl (C=O) groups excluding carboxylic acids is 2. The molecule has 250 valence electrons. The number of nitrogens with two attached hydrogens (primary N) is 1. The van der Waals surface area contributed by atoms with Crippen molar-refractivity contribution in [3.8, 4) is 23.0 Å². The molecule has 3 aromatic carbocycles. The van der Waals surface area contributed by atoms with Gasteiger partial charge in [-0.05, 0) is 86.8 Å². The third-order valence-corrected chi connectivity index (χ3v) is 7.03. The van der Waals surface area contributed by atoms with Gasteiger partial charge < -0.3 is 35.3 Å². The summed E-state index contributed by atoms with van der Waals surface area (Å²) in [5.41, 5.74) is 6.44. The van der Waals surface area contributed by atoms with Crippen molar-refractivity contribution in [3.63, 3.8) is 0 Å². The van der Waals surface area contributed by atoms with Gasteiger partial charge in [0.15, 0.2) is 11.5 Å². The number of hydrogen-bond acceptors (Lipinski definition) is 8. The zero-order valence-corrected chi connectivity index (χ0v) is 26.2. The summed E-state index contributed by atoms with van der Waals surface area (Å²) in [7, 11) is 1.52. The second kappa shape index (κ2) is 16.0. The molecule has 13 heteroatoms. The summed E-state index contributed by atoms with van der Waals surface area (Å²) in [5.74, 6) is 1.50. The van der Waals surface area contributed by atoms with Gasteiger partial charge in [0.25, 0.3) is 0 Å². The van der Waals surface area contributed by atoms with Crippen molar-refractivity contribution < 1.29 is 41.7 Å². The number of aromatic nitrogens is 1. The normalized spacial score (nSPS) is 12.6. The fourth-order valence-corrected chi connectivity index (χ4v) is 4.61. The first-order valence-corrected chi connectivity index (χ1v) is 15.1. The molecule has 10 nitrogen and oxygen atoms in total. The number of fused-ring (bicyclic) bond motifs is 1. The molecule has 0 saturated carbocycles. The standard InChI is InChI=1S/C34H37F3N4O6/c1-4-6-21(2)46-32(42)27(38)7-5-18-45-31-20-28-26(19-30(31)44-3)29(16-17-39-28)47-25-14-12-24(13-15-25)41-33(43)40-23-10-8-22(9-11-23)34(35,36)37/h8-17,19-21,27H,4-7,18,38H2,1-3H3,(H2,40,41,43). The number of amides is 2. The first-order chi connectivity index (χ1) is 22.5. The Kier molecular flexibility index (Phi) is 11.8. The predicted molar refractivity (Wildman–Crippen MR) is 172 cm³/mol. The third-order valence-electron chi connectivity index (χ3n) is 7.03. The Morgan fingerprint density at radius 2 is 1.57 bits per heavy atom. The monoisotopic (exact) mass is 654 g/mol. The van der Waals surface area contributed by atoms with Crippen LogP contribution in [0.3, 0.4) is 0 Å². The molecular weight excluding hydrogens is 617 g/mol. The second-order valence-electron chi connectivity index (χ2n) is 10.7. The number of rotatable bonds is 14. The minimum atomic E-state index is -4.46. The Hall–Kier alpha value is -5.04. The number of pyridine rings is 1. The number of anilines is 2. The maximum Gasteiger partial charge on any atom is 0.416 e. The SMILES string of the molecule is CCCC(C)OC(=O)C(N)CCCOc1cc2nccc(Oc3ccc(NC(=O)Nc4ccc(C(F)(F)F)cc4)cc3)c2cc1OC. The molecule has 1 aromatic heterocycles. The van der Waals surface area contributed by atoms with Gasteiger partial charge in [0, 0.05) is 29.0 Å². The van der Waals surface area contributed by atoms with Crippen LogP contribution in [0.2, 0.25) is 0 Å². The largest absolute Gasteiger partial charge is 0.493 e. The lowest BCUT2D eigenvalue weighted by molar-refractivity contribution is -0.150. The van der Waals surface area contributed by atoms with Crippen molar-refractivity contribution in [3.05, 3.63) is 78.5 Å². The topological polar surface area (TPSA) is 134 Å². The van der Waals surface area contributed by atoms with E-state index in [0.717, 1.165) is 25.0 Å². The van der Waals surface area contributed by atoms with Crippen LogP contribution >= 0.6 is 0 Å². The number of methoxy groups -OCH3 is 1. The number of alkyl halides is 3. The number of nitrogens with one attached hydrogen (secondary N) is 2. The van der Waals surface area contributed by atoms with Gasteiger partial charge in [0.1, 0.15) is 17.5 Å². The van der Waals surface area contributed by atoms with E-state index >= 15 is 0 Å². The van der Waals surface area contributed by atoms with Gasteiger partial charge in [-0.2, -0.15) is 13.2 Å². The van der Waals surface area contributed by atoms with Crippen LogP contribution in [0.5, 0.6) is 23.0 Å². The molecule has 0 aliphatic heterocycles. The summed E-state index contributed by atoms with van der Waals surface area (Å²) >= 11 is 0. The molecule has 0 saturated heterocycles. The zero-order chi connectivity index (χ0) is 34.0. The van der Waals surface area contributed by atoms with Crippen molar-refractivity contribution in [1.82, 2.24) is 4.98 Å². The molecule has 1 heterocycles. The van der Waals surface area contributed by atoms with Crippen molar-refractivity contribution >= 4 is 34.3 Å². The average molecular weight is 655 g/mol. The summed E-state index contributed by atoms with van der Waals surface area (Å²) in [4.78, 5) is 29.0. The van der Waals surface area contributed by atoms with E-state index in [4.69, 9.17) is 24.7 Å². The zero-order valence-electron chi connectivity index (χ0n) is 26.2. The third kappa shape index (κ3) is 9.97. The Labute approximate surface area is 270 Å². The molecule has 0 aliphatic rings. The van der Waals surface area contributed by atoms with Crippen molar-refractivity contribution in [1.29, 1.82) is 0 Å². The maximum atomic E-state index is 12.8. The number of urea groups is 1. The molecule has 4 N–H and O–H groups in total. The van der Waals surface area contributed by atoms with Crippen LogP contribution in [-0.4, -0.2) is 42.8 Å². The van der Waals surface area contributed by atoms with Crippen molar-refractivity contribution in [2.45, 2.75) is 57.9 Å². The lowest BCUT2D eigenvalue weighted by atomic mass is 10.1. The summed E-state index contributed by atoms with van der Waals surface area (Å²) in [6.07, 6.45) is -0.397. The minimum absolute atomic E-state index is 0.168. The fourth-order valence-electron chi connectivity index (χ4n) is 4.61. The lowest BCUT2D eigenvalue weighted by Gasteiger charge is -2.17. The summed E-state index contributed by atoms with van der Waals surface area (Å²) in [6.45, 7) is 4.17. The van der Waals surface area contributed by atoms with E-state index in [1.54, 1.807) is 48.7 Å². The van der Waals surface area contributed by atoms with Crippen LogP contribution in [0.1, 0.15) is 45.1 Å². The fraction of sp³-hybridized carbons (Fsp3) is 0.324. The van der Waals surface area contributed by atoms with Gasteiger partial charge in [0.2, 0.25) is 0 Å². The highest BCUT2D eigenvalue weighted by atomic mass is 19.4. The smallest absolute Gasteiger partial charge is 0.416 e. The van der Waals surface area contributed by atoms with Gasteiger partial charge >= 0.3 is 18.2 Å². The van der Waals surface area contributed by atoms with Gasteiger partial charge in [-0.3, -0.25) is 9.78 Å². The van der Waals surface area contributed by atoms with Crippen molar-refractivity contribution in [2.24, 2.45) is 5.73 Å². The van der Waals surface area contributed by atoms with Gasteiger partial charge in [-0.25, -0.2) is 4.79 Å². The average Bonchev–Trinajstić information content (AvgIpc) is 3.03.